The van der Waals surface area contributed by atoms with Gasteiger partial charge in [0.1, 0.15) is 11.4 Å². The number of carbonyl (C=O) groups excluding carboxylic acids is 2. The standard InChI is InChI=1S/C12H12N4O4S2/c1-5-7(12(19)20)4-16-10(18)9(11(16)21-5)14-8(17)2-6-3-13-22-15-6/h3-5,9,11H,2H2,1H3,(H,14,17)(H,19,20)/t5?,9?,11-/m1/s1. The zero-order chi connectivity index (χ0) is 15.9. The lowest BCUT2D eigenvalue weighted by Gasteiger charge is -2.48. The van der Waals surface area contributed by atoms with Crippen LogP contribution in [0.25, 0.3) is 0 Å². The third kappa shape index (κ3) is 2.59. The maximum Gasteiger partial charge on any atom is 0.334 e. The number of rotatable bonds is 4. The fraction of sp³-hybridized carbons (Fsp3) is 0.417. The molecule has 1 aromatic heterocycles. The summed E-state index contributed by atoms with van der Waals surface area (Å²) >= 11 is 2.37. The van der Waals surface area contributed by atoms with Crippen LogP contribution in [0, 0.1) is 0 Å². The molecule has 22 heavy (non-hydrogen) atoms. The molecule has 0 spiro atoms. The molecule has 0 aliphatic carbocycles. The third-order valence-electron chi connectivity index (χ3n) is 3.45. The van der Waals surface area contributed by atoms with Gasteiger partial charge in [0.15, 0.2) is 0 Å². The first-order valence-electron chi connectivity index (χ1n) is 6.46. The summed E-state index contributed by atoms with van der Waals surface area (Å²) in [5, 5.41) is 11.3. The van der Waals surface area contributed by atoms with E-state index >= 15 is 0 Å². The number of thioether (sulfide) groups is 1. The van der Waals surface area contributed by atoms with Gasteiger partial charge in [-0.1, -0.05) is 0 Å². The van der Waals surface area contributed by atoms with Gasteiger partial charge in [-0.15, -0.1) is 11.8 Å². The fourth-order valence-electron chi connectivity index (χ4n) is 2.32. The minimum Gasteiger partial charge on any atom is -0.478 e. The molecule has 10 heteroatoms. The summed E-state index contributed by atoms with van der Waals surface area (Å²) in [5.41, 5.74) is 0.747. The van der Waals surface area contributed by atoms with Gasteiger partial charge in [0.2, 0.25) is 5.91 Å². The van der Waals surface area contributed by atoms with Crippen LogP contribution in [0.3, 0.4) is 0 Å². The smallest absolute Gasteiger partial charge is 0.334 e. The molecule has 3 heterocycles. The molecule has 1 fully saturated rings. The van der Waals surface area contributed by atoms with Gasteiger partial charge < -0.3 is 15.3 Å². The molecule has 116 valence electrons. The van der Waals surface area contributed by atoms with E-state index in [1.54, 1.807) is 6.92 Å². The van der Waals surface area contributed by atoms with Gasteiger partial charge in [0.25, 0.3) is 5.91 Å². The molecule has 3 rings (SSSR count). The molecule has 2 amide bonds. The van der Waals surface area contributed by atoms with Gasteiger partial charge in [-0.25, -0.2) is 4.79 Å². The summed E-state index contributed by atoms with van der Waals surface area (Å²) in [5.74, 6) is -1.63. The number of aliphatic carboxylic acids is 1. The molecule has 0 aromatic carbocycles. The van der Waals surface area contributed by atoms with Crippen molar-refractivity contribution in [3.05, 3.63) is 23.7 Å². The summed E-state index contributed by atoms with van der Waals surface area (Å²) in [6.07, 6.45) is 2.95. The number of carbonyl (C=O) groups is 3. The van der Waals surface area contributed by atoms with Crippen molar-refractivity contribution in [3.63, 3.8) is 0 Å². The van der Waals surface area contributed by atoms with E-state index in [2.05, 4.69) is 14.1 Å². The molecule has 0 bridgehead atoms. The van der Waals surface area contributed by atoms with Gasteiger partial charge in [0.05, 0.1) is 35.6 Å². The van der Waals surface area contributed by atoms with Crippen molar-refractivity contribution < 1.29 is 19.5 Å². The number of hydrogen-bond acceptors (Lipinski definition) is 7. The van der Waals surface area contributed by atoms with Crippen LogP contribution in [0.5, 0.6) is 0 Å². The van der Waals surface area contributed by atoms with E-state index in [1.807, 2.05) is 0 Å². The molecule has 0 saturated carbocycles. The van der Waals surface area contributed by atoms with Crippen molar-refractivity contribution in [3.8, 4) is 0 Å². The van der Waals surface area contributed by atoms with Crippen molar-refractivity contribution in [1.29, 1.82) is 0 Å². The van der Waals surface area contributed by atoms with Crippen LogP contribution in [0.4, 0.5) is 0 Å². The Kier molecular flexibility index (Phi) is 3.87. The van der Waals surface area contributed by atoms with Crippen LogP contribution in [0.2, 0.25) is 0 Å². The molecule has 3 atom stereocenters. The van der Waals surface area contributed by atoms with Gasteiger partial charge >= 0.3 is 5.97 Å². The first-order valence-corrected chi connectivity index (χ1v) is 8.13. The minimum absolute atomic E-state index is 0.0729. The zero-order valence-electron chi connectivity index (χ0n) is 11.4. The van der Waals surface area contributed by atoms with E-state index in [0.717, 1.165) is 11.7 Å². The van der Waals surface area contributed by atoms with Crippen LogP contribution < -0.4 is 5.32 Å². The summed E-state index contributed by atoms with van der Waals surface area (Å²) in [6.45, 7) is 1.77. The summed E-state index contributed by atoms with van der Waals surface area (Å²) in [6, 6.07) is -0.627. The topological polar surface area (TPSA) is 112 Å². The van der Waals surface area contributed by atoms with Gasteiger partial charge in [-0.3, -0.25) is 9.59 Å². The molecular formula is C12H12N4O4S2. The monoisotopic (exact) mass is 340 g/mol. The Morgan fingerprint density at radius 3 is 2.91 bits per heavy atom. The lowest BCUT2D eigenvalue weighted by atomic mass is 10.1. The highest BCUT2D eigenvalue weighted by molar-refractivity contribution is 8.00. The Morgan fingerprint density at radius 2 is 2.27 bits per heavy atom. The average molecular weight is 340 g/mol. The van der Waals surface area contributed by atoms with E-state index in [1.165, 1.54) is 29.1 Å². The summed E-state index contributed by atoms with van der Waals surface area (Å²) in [4.78, 5) is 36.4. The zero-order valence-corrected chi connectivity index (χ0v) is 13.1. The van der Waals surface area contributed by atoms with Crippen LogP contribution in [0.1, 0.15) is 12.6 Å². The molecule has 2 aliphatic rings. The van der Waals surface area contributed by atoms with Crippen LogP contribution in [-0.4, -0.2) is 53.2 Å². The number of amides is 2. The fourth-order valence-corrected chi connectivity index (χ4v) is 4.11. The molecule has 1 aromatic rings. The number of hydrogen-bond donors (Lipinski definition) is 2. The first-order chi connectivity index (χ1) is 10.5. The van der Waals surface area contributed by atoms with Crippen molar-refractivity contribution >= 4 is 41.3 Å². The SMILES string of the molecule is CC1S[C@@H]2C(NC(=O)Cc3cnsn3)C(=O)N2C=C1C(=O)O. The maximum atomic E-state index is 12.0. The van der Waals surface area contributed by atoms with Crippen molar-refractivity contribution in [2.75, 3.05) is 0 Å². The van der Waals surface area contributed by atoms with Crippen molar-refractivity contribution in [2.24, 2.45) is 0 Å². The van der Waals surface area contributed by atoms with Gasteiger partial charge in [0, 0.05) is 11.4 Å². The maximum absolute atomic E-state index is 12.0. The normalized spacial score (nSPS) is 26.8. The number of fused-ring (bicyclic) bond motifs is 1. The molecule has 2 aliphatic heterocycles. The van der Waals surface area contributed by atoms with Gasteiger partial charge in [-0.05, 0) is 6.92 Å². The Balaban J connectivity index is 1.65. The second-order valence-electron chi connectivity index (χ2n) is 4.92. The van der Waals surface area contributed by atoms with E-state index in [9.17, 15) is 14.4 Å². The Morgan fingerprint density at radius 1 is 1.50 bits per heavy atom. The first kappa shape index (κ1) is 15.0. The highest BCUT2D eigenvalue weighted by Gasteiger charge is 2.51. The highest BCUT2D eigenvalue weighted by atomic mass is 32.2. The van der Waals surface area contributed by atoms with Crippen LogP contribution in [0.15, 0.2) is 18.0 Å². The number of aromatic nitrogens is 2. The third-order valence-corrected chi connectivity index (χ3v) is 5.41. The summed E-state index contributed by atoms with van der Waals surface area (Å²) < 4.78 is 7.76. The van der Waals surface area contributed by atoms with E-state index in [4.69, 9.17) is 5.11 Å². The molecule has 1 saturated heterocycles. The number of nitrogens with one attached hydrogen (secondary N) is 1. The molecule has 2 N–H and O–H groups in total. The highest BCUT2D eigenvalue weighted by Crippen LogP contribution is 2.40. The van der Waals surface area contributed by atoms with E-state index < -0.39 is 12.0 Å². The predicted octanol–water partition coefficient (Wildman–Crippen LogP) is -0.163. The van der Waals surface area contributed by atoms with Crippen LogP contribution in [-0.2, 0) is 20.8 Å². The summed E-state index contributed by atoms with van der Waals surface area (Å²) in [7, 11) is 0. The minimum atomic E-state index is -1.03. The Labute approximate surface area is 133 Å². The lowest BCUT2D eigenvalue weighted by molar-refractivity contribution is -0.145. The second-order valence-corrected chi connectivity index (χ2v) is 6.94. The van der Waals surface area contributed by atoms with Crippen LogP contribution >= 0.6 is 23.5 Å². The molecule has 2 unspecified atom stereocenters. The second kappa shape index (κ2) is 5.69. The number of β-lactam (4-membered cyclic amide) rings is 1. The van der Waals surface area contributed by atoms with Crippen molar-refractivity contribution in [1.82, 2.24) is 19.0 Å². The Bertz CT molecular complexity index is 660. The number of carboxylic acids is 1. The number of nitrogens with zero attached hydrogens (tertiary/aromatic N) is 3. The average Bonchev–Trinajstić information content (AvgIpc) is 2.96. The van der Waals surface area contributed by atoms with Gasteiger partial charge in [-0.2, -0.15) is 8.75 Å². The molecule has 0 radical (unpaired) electrons. The largest absolute Gasteiger partial charge is 0.478 e. The van der Waals surface area contributed by atoms with Crippen molar-refractivity contribution in [2.45, 2.75) is 30.0 Å². The molecule has 8 nitrogen and oxygen atoms in total. The molecular weight excluding hydrogens is 328 g/mol. The predicted molar refractivity (Wildman–Crippen MR) is 78.9 cm³/mol. The Hall–Kier alpha value is -1.94. The quantitative estimate of drug-likeness (QED) is 0.732. The number of carboxylic acid groups (broad SMARTS) is 1. The lowest BCUT2D eigenvalue weighted by Crippen LogP contribution is -2.69. The van der Waals surface area contributed by atoms with E-state index in [0.29, 0.717) is 5.69 Å². The van der Waals surface area contributed by atoms with E-state index in [-0.39, 0.29) is 34.4 Å².